The van der Waals surface area contributed by atoms with Crippen LogP contribution >= 0.6 is 11.3 Å². The maximum Gasteiger partial charge on any atom is 0.153 e. The van der Waals surface area contributed by atoms with Gasteiger partial charge >= 0.3 is 0 Å². The summed E-state index contributed by atoms with van der Waals surface area (Å²) in [6, 6.07) is 2.43. The van der Waals surface area contributed by atoms with Crippen molar-refractivity contribution in [2.45, 2.75) is 19.4 Å². The highest BCUT2D eigenvalue weighted by atomic mass is 32.1. The van der Waals surface area contributed by atoms with E-state index in [2.05, 4.69) is 34.2 Å². The lowest BCUT2D eigenvalue weighted by molar-refractivity contribution is 0.316. The fraction of sp³-hybridized carbons (Fsp3) is 0.444. The van der Waals surface area contributed by atoms with Crippen LogP contribution in [0.25, 0.3) is 0 Å². The molecule has 1 heterocycles. The van der Waals surface area contributed by atoms with Gasteiger partial charge in [0.25, 0.3) is 0 Å². The van der Waals surface area contributed by atoms with Gasteiger partial charge in [-0.25, -0.2) is 0 Å². The van der Waals surface area contributed by atoms with E-state index in [1.807, 2.05) is 0 Å². The first-order valence-electron chi connectivity index (χ1n) is 4.43. The summed E-state index contributed by atoms with van der Waals surface area (Å²) in [7, 11) is 0. The molecule has 0 aliphatic rings. The number of hydrogen-bond acceptors (Lipinski definition) is 4. The average molecular weight is 213 g/mol. The second-order valence-electron chi connectivity index (χ2n) is 3.21. The number of rotatable bonds is 5. The lowest BCUT2D eigenvalue weighted by atomic mass is 10.1. The number of amidine groups is 1. The quantitative estimate of drug-likeness (QED) is 0.296. The van der Waals surface area contributed by atoms with Crippen LogP contribution in [0.3, 0.4) is 0 Å². The molecule has 0 saturated heterocycles. The summed E-state index contributed by atoms with van der Waals surface area (Å²) in [5, 5.41) is 18.6. The molecule has 0 spiro atoms. The predicted molar refractivity (Wildman–Crippen MR) is 58.9 cm³/mol. The molecule has 0 bridgehead atoms. The first-order valence-corrected chi connectivity index (χ1v) is 5.37. The number of thiophene rings is 1. The van der Waals surface area contributed by atoms with E-state index in [4.69, 9.17) is 10.9 Å². The van der Waals surface area contributed by atoms with Gasteiger partial charge in [0.2, 0.25) is 0 Å². The van der Waals surface area contributed by atoms with Crippen LogP contribution in [-0.2, 0) is 6.42 Å². The molecule has 78 valence electrons. The third-order valence-electron chi connectivity index (χ3n) is 1.88. The van der Waals surface area contributed by atoms with Crippen LogP contribution < -0.4 is 11.1 Å². The van der Waals surface area contributed by atoms with Gasteiger partial charge in [-0.2, -0.15) is 11.3 Å². The third kappa shape index (κ3) is 3.76. The van der Waals surface area contributed by atoms with Crippen LogP contribution in [0.15, 0.2) is 22.0 Å². The molecule has 5 heteroatoms. The van der Waals surface area contributed by atoms with Gasteiger partial charge < -0.3 is 16.3 Å². The van der Waals surface area contributed by atoms with E-state index < -0.39 is 0 Å². The van der Waals surface area contributed by atoms with Gasteiger partial charge in [0.15, 0.2) is 5.84 Å². The van der Waals surface area contributed by atoms with Gasteiger partial charge in [-0.05, 0) is 35.7 Å². The highest BCUT2D eigenvalue weighted by molar-refractivity contribution is 7.07. The Labute approximate surface area is 87.4 Å². The molecule has 1 rings (SSSR count). The molecule has 1 aromatic heterocycles. The summed E-state index contributed by atoms with van der Waals surface area (Å²) < 4.78 is 0. The molecule has 0 aromatic carbocycles. The van der Waals surface area contributed by atoms with Gasteiger partial charge in [-0.3, -0.25) is 0 Å². The van der Waals surface area contributed by atoms with E-state index in [-0.39, 0.29) is 5.84 Å². The monoisotopic (exact) mass is 213 g/mol. The molecule has 14 heavy (non-hydrogen) atoms. The molecule has 0 saturated carbocycles. The van der Waals surface area contributed by atoms with Crippen LogP contribution in [-0.4, -0.2) is 23.6 Å². The summed E-state index contributed by atoms with van der Waals surface area (Å²) in [4.78, 5) is 0. The van der Waals surface area contributed by atoms with Crippen molar-refractivity contribution < 1.29 is 5.21 Å². The Hall–Kier alpha value is -1.07. The summed E-state index contributed by atoms with van der Waals surface area (Å²) in [5.41, 5.74) is 6.65. The fourth-order valence-corrected chi connectivity index (χ4v) is 1.83. The van der Waals surface area contributed by atoms with Crippen LogP contribution in [0.5, 0.6) is 0 Å². The van der Waals surface area contributed by atoms with Crippen molar-refractivity contribution in [3.63, 3.8) is 0 Å². The summed E-state index contributed by atoms with van der Waals surface area (Å²) >= 11 is 1.69. The second-order valence-corrected chi connectivity index (χ2v) is 3.99. The fourth-order valence-electron chi connectivity index (χ4n) is 1.15. The SMILES string of the molecule is CC(Cc1ccsc1)NCC(N)=NO. The van der Waals surface area contributed by atoms with E-state index in [0.717, 1.165) is 6.42 Å². The zero-order chi connectivity index (χ0) is 10.4. The van der Waals surface area contributed by atoms with Crippen molar-refractivity contribution >= 4 is 17.2 Å². The largest absolute Gasteiger partial charge is 0.409 e. The first-order chi connectivity index (χ1) is 6.72. The van der Waals surface area contributed by atoms with Crippen molar-refractivity contribution in [2.24, 2.45) is 10.9 Å². The summed E-state index contributed by atoms with van der Waals surface area (Å²) in [6.07, 6.45) is 0.961. The normalized spacial score (nSPS) is 14.2. The Bertz CT molecular complexity index is 284. The minimum Gasteiger partial charge on any atom is -0.409 e. The predicted octanol–water partition coefficient (Wildman–Crippen LogP) is 1.02. The number of nitrogens with one attached hydrogen (secondary N) is 1. The lowest BCUT2D eigenvalue weighted by Gasteiger charge is -2.11. The minimum absolute atomic E-state index is 0.210. The Morgan fingerprint density at radius 3 is 3.14 bits per heavy atom. The Morgan fingerprint density at radius 1 is 1.79 bits per heavy atom. The maximum atomic E-state index is 8.33. The number of hydrogen-bond donors (Lipinski definition) is 3. The van der Waals surface area contributed by atoms with E-state index >= 15 is 0 Å². The summed E-state index contributed by atoms with van der Waals surface area (Å²) in [5.74, 6) is 0.210. The van der Waals surface area contributed by atoms with Crippen molar-refractivity contribution in [1.29, 1.82) is 0 Å². The van der Waals surface area contributed by atoms with Gasteiger partial charge in [0, 0.05) is 6.04 Å². The maximum absolute atomic E-state index is 8.33. The highest BCUT2D eigenvalue weighted by Gasteiger charge is 2.03. The topological polar surface area (TPSA) is 70.6 Å². The van der Waals surface area contributed by atoms with Crippen LogP contribution in [0, 0.1) is 0 Å². The molecule has 4 N–H and O–H groups in total. The van der Waals surface area contributed by atoms with Crippen LogP contribution in [0.4, 0.5) is 0 Å². The van der Waals surface area contributed by atoms with Crippen LogP contribution in [0.2, 0.25) is 0 Å². The Kier molecular flexibility index (Phi) is 4.42. The van der Waals surface area contributed by atoms with Gasteiger partial charge in [-0.1, -0.05) is 5.16 Å². The first kappa shape index (κ1) is 11.0. The van der Waals surface area contributed by atoms with Crippen molar-refractivity contribution in [2.75, 3.05) is 6.54 Å². The molecular weight excluding hydrogens is 198 g/mol. The number of nitrogens with two attached hydrogens (primary N) is 1. The standard InChI is InChI=1S/C9H15N3OS/c1-7(11-5-9(10)12-13)4-8-2-3-14-6-8/h2-3,6-7,11,13H,4-5H2,1H3,(H2,10,12). The van der Waals surface area contributed by atoms with Gasteiger partial charge in [0.1, 0.15) is 0 Å². The Balaban J connectivity index is 2.26. The molecule has 0 aliphatic heterocycles. The van der Waals surface area contributed by atoms with Gasteiger partial charge in [0.05, 0.1) is 6.54 Å². The molecular formula is C9H15N3OS. The molecule has 1 aromatic rings. The summed E-state index contributed by atoms with van der Waals surface area (Å²) in [6.45, 7) is 2.49. The Morgan fingerprint density at radius 2 is 2.57 bits per heavy atom. The average Bonchev–Trinajstić information content (AvgIpc) is 2.66. The van der Waals surface area contributed by atoms with Gasteiger partial charge in [-0.15, -0.1) is 0 Å². The molecule has 4 nitrogen and oxygen atoms in total. The number of oxime groups is 1. The number of nitrogens with zero attached hydrogens (tertiary/aromatic N) is 1. The van der Waals surface area contributed by atoms with E-state index in [9.17, 15) is 0 Å². The van der Waals surface area contributed by atoms with Crippen molar-refractivity contribution in [3.8, 4) is 0 Å². The zero-order valence-corrected chi connectivity index (χ0v) is 8.92. The highest BCUT2D eigenvalue weighted by Crippen LogP contribution is 2.08. The van der Waals surface area contributed by atoms with E-state index in [1.54, 1.807) is 11.3 Å². The minimum atomic E-state index is 0.210. The molecule has 1 unspecified atom stereocenters. The molecule has 0 radical (unpaired) electrons. The zero-order valence-electron chi connectivity index (χ0n) is 8.10. The lowest BCUT2D eigenvalue weighted by Crippen LogP contribution is -2.36. The van der Waals surface area contributed by atoms with Crippen molar-refractivity contribution in [3.05, 3.63) is 22.4 Å². The smallest absolute Gasteiger partial charge is 0.153 e. The van der Waals surface area contributed by atoms with Crippen LogP contribution in [0.1, 0.15) is 12.5 Å². The van der Waals surface area contributed by atoms with E-state index in [1.165, 1.54) is 5.56 Å². The van der Waals surface area contributed by atoms with E-state index in [0.29, 0.717) is 12.6 Å². The molecule has 0 aliphatic carbocycles. The second kappa shape index (κ2) is 5.62. The van der Waals surface area contributed by atoms with Crippen molar-refractivity contribution in [1.82, 2.24) is 5.32 Å². The molecule has 1 atom stereocenters. The molecule has 0 amide bonds. The molecule has 0 fully saturated rings. The third-order valence-corrected chi connectivity index (χ3v) is 2.61.